The summed E-state index contributed by atoms with van der Waals surface area (Å²) >= 11 is 0. The number of nitrogens with two attached hydrogens (primary N) is 2. The lowest BCUT2D eigenvalue weighted by Crippen LogP contribution is -2.53. The zero-order chi connectivity index (χ0) is 19.9. The number of amides is 2. The summed E-state index contributed by atoms with van der Waals surface area (Å²) in [5, 5.41) is 9.97. The zero-order valence-corrected chi connectivity index (χ0v) is 15.6. The Kier molecular flexibility index (Phi) is 4.47. The summed E-state index contributed by atoms with van der Waals surface area (Å²) in [5.74, 6) is -0.257. The van der Waals surface area contributed by atoms with Gasteiger partial charge in [-0.25, -0.2) is 0 Å². The van der Waals surface area contributed by atoms with Crippen molar-refractivity contribution in [1.82, 2.24) is 9.80 Å². The fraction of sp³-hybridized carbons (Fsp3) is 0.333. The molecule has 2 fully saturated rings. The van der Waals surface area contributed by atoms with Crippen LogP contribution in [0.15, 0.2) is 42.5 Å². The third kappa shape index (κ3) is 3.41. The minimum absolute atomic E-state index is 0.0550. The number of rotatable bonds is 3. The van der Waals surface area contributed by atoms with Crippen molar-refractivity contribution >= 4 is 23.2 Å². The Labute approximate surface area is 163 Å². The van der Waals surface area contributed by atoms with Gasteiger partial charge in [0.05, 0.1) is 11.4 Å². The lowest BCUT2D eigenvalue weighted by atomic mass is 10.0. The van der Waals surface area contributed by atoms with Crippen molar-refractivity contribution in [2.75, 3.05) is 37.6 Å². The number of benzene rings is 2. The highest BCUT2D eigenvalue weighted by molar-refractivity contribution is 5.95. The fourth-order valence-corrected chi connectivity index (χ4v) is 3.48. The van der Waals surface area contributed by atoms with Crippen molar-refractivity contribution in [2.45, 2.75) is 18.4 Å². The molecule has 0 aromatic heterocycles. The average molecular weight is 380 g/mol. The smallest absolute Gasteiger partial charge is 0.254 e. The second-order valence-corrected chi connectivity index (χ2v) is 7.54. The standard InChI is InChI=1S/C21H24N4O3/c22-17-6-5-16(13-18(17)23)14-1-3-15(4-2-14)19(26)24-9-11-25(12-10-24)20(27)21(28)7-8-21/h1-6,13,28H,7-12,22-23H2. The molecule has 7 heteroatoms. The van der Waals surface area contributed by atoms with Crippen LogP contribution < -0.4 is 11.5 Å². The van der Waals surface area contributed by atoms with Crippen molar-refractivity contribution in [3.63, 3.8) is 0 Å². The van der Waals surface area contributed by atoms with E-state index >= 15 is 0 Å². The first-order valence-corrected chi connectivity index (χ1v) is 9.44. The van der Waals surface area contributed by atoms with E-state index in [1.54, 1.807) is 28.0 Å². The number of aliphatic hydroxyl groups is 1. The molecule has 2 aromatic carbocycles. The molecule has 2 amide bonds. The molecule has 0 radical (unpaired) electrons. The average Bonchev–Trinajstić information content (AvgIpc) is 3.48. The van der Waals surface area contributed by atoms with E-state index in [1.165, 1.54) is 0 Å². The lowest BCUT2D eigenvalue weighted by molar-refractivity contribution is -0.143. The Balaban J connectivity index is 1.40. The zero-order valence-electron chi connectivity index (χ0n) is 15.6. The Morgan fingerprint density at radius 3 is 1.96 bits per heavy atom. The summed E-state index contributed by atoms with van der Waals surface area (Å²) in [4.78, 5) is 28.4. The third-order valence-corrected chi connectivity index (χ3v) is 5.53. The van der Waals surface area contributed by atoms with Gasteiger partial charge in [-0.1, -0.05) is 18.2 Å². The largest absolute Gasteiger partial charge is 0.397 e. The van der Waals surface area contributed by atoms with E-state index < -0.39 is 5.60 Å². The highest BCUT2D eigenvalue weighted by Gasteiger charge is 2.50. The molecule has 1 aliphatic heterocycles. The van der Waals surface area contributed by atoms with E-state index in [9.17, 15) is 14.7 Å². The first kappa shape index (κ1) is 18.3. The molecule has 1 saturated heterocycles. The highest BCUT2D eigenvalue weighted by atomic mass is 16.3. The van der Waals surface area contributed by atoms with Crippen LogP contribution >= 0.6 is 0 Å². The molecule has 4 rings (SSSR count). The number of carbonyl (C=O) groups excluding carboxylic acids is 2. The third-order valence-electron chi connectivity index (χ3n) is 5.53. The summed E-state index contributed by atoms with van der Waals surface area (Å²) in [6, 6.07) is 12.9. The topological polar surface area (TPSA) is 113 Å². The number of piperazine rings is 1. The molecule has 0 spiro atoms. The maximum absolute atomic E-state index is 12.8. The van der Waals surface area contributed by atoms with Crippen molar-refractivity contribution in [3.8, 4) is 11.1 Å². The summed E-state index contributed by atoms with van der Waals surface area (Å²) in [6.45, 7) is 1.85. The fourth-order valence-electron chi connectivity index (χ4n) is 3.48. The Bertz CT molecular complexity index is 914. The van der Waals surface area contributed by atoms with Crippen LogP contribution in [-0.2, 0) is 4.79 Å². The van der Waals surface area contributed by atoms with Crippen molar-refractivity contribution in [1.29, 1.82) is 0 Å². The van der Waals surface area contributed by atoms with E-state index in [0.717, 1.165) is 11.1 Å². The highest BCUT2D eigenvalue weighted by Crippen LogP contribution is 2.37. The van der Waals surface area contributed by atoms with E-state index in [4.69, 9.17) is 11.5 Å². The molecule has 146 valence electrons. The Morgan fingerprint density at radius 1 is 0.821 bits per heavy atom. The quantitative estimate of drug-likeness (QED) is 0.695. The van der Waals surface area contributed by atoms with Crippen LogP contribution in [-0.4, -0.2) is 58.5 Å². The van der Waals surface area contributed by atoms with Gasteiger partial charge in [0.2, 0.25) is 0 Å². The van der Waals surface area contributed by atoms with E-state index in [1.807, 2.05) is 24.3 Å². The summed E-state index contributed by atoms with van der Waals surface area (Å²) in [7, 11) is 0. The van der Waals surface area contributed by atoms with Crippen LogP contribution in [0.5, 0.6) is 0 Å². The predicted molar refractivity (Wildman–Crippen MR) is 107 cm³/mol. The minimum atomic E-state index is -1.15. The molecule has 28 heavy (non-hydrogen) atoms. The van der Waals surface area contributed by atoms with Crippen LogP contribution in [0.2, 0.25) is 0 Å². The second kappa shape index (κ2) is 6.83. The second-order valence-electron chi connectivity index (χ2n) is 7.54. The molecular formula is C21H24N4O3. The summed E-state index contributed by atoms with van der Waals surface area (Å²) in [5.41, 5.74) is 14.0. The van der Waals surface area contributed by atoms with Gasteiger partial charge in [0, 0.05) is 31.7 Å². The number of nitrogen functional groups attached to an aromatic ring is 2. The van der Waals surface area contributed by atoms with Gasteiger partial charge in [-0.3, -0.25) is 9.59 Å². The monoisotopic (exact) mass is 380 g/mol. The molecule has 2 aromatic rings. The number of hydrogen-bond acceptors (Lipinski definition) is 5. The van der Waals surface area contributed by atoms with Crippen LogP contribution in [0, 0.1) is 0 Å². The van der Waals surface area contributed by atoms with Crippen molar-refractivity contribution in [2.24, 2.45) is 0 Å². The first-order chi connectivity index (χ1) is 13.4. The normalized spacial score (nSPS) is 18.0. The SMILES string of the molecule is Nc1ccc(-c2ccc(C(=O)N3CCN(C(=O)C4(O)CC4)CC3)cc2)cc1N. The molecule has 0 bridgehead atoms. The molecule has 1 saturated carbocycles. The molecule has 2 aliphatic rings. The van der Waals surface area contributed by atoms with E-state index in [-0.39, 0.29) is 11.8 Å². The lowest BCUT2D eigenvalue weighted by Gasteiger charge is -2.35. The number of nitrogens with zero attached hydrogens (tertiary/aromatic N) is 2. The molecule has 0 atom stereocenters. The maximum atomic E-state index is 12.8. The number of hydrogen-bond donors (Lipinski definition) is 3. The molecule has 5 N–H and O–H groups in total. The predicted octanol–water partition coefficient (Wildman–Crippen LogP) is 1.33. The summed E-state index contributed by atoms with van der Waals surface area (Å²) < 4.78 is 0. The minimum Gasteiger partial charge on any atom is -0.397 e. The van der Waals surface area contributed by atoms with Gasteiger partial charge in [0.15, 0.2) is 0 Å². The Morgan fingerprint density at radius 2 is 1.39 bits per heavy atom. The molecule has 1 aliphatic carbocycles. The Hall–Kier alpha value is -3.06. The molecule has 1 heterocycles. The van der Waals surface area contributed by atoms with Gasteiger partial charge in [-0.15, -0.1) is 0 Å². The van der Waals surface area contributed by atoms with Crippen LogP contribution in [0.4, 0.5) is 11.4 Å². The van der Waals surface area contributed by atoms with E-state index in [0.29, 0.717) is 56.0 Å². The van der Waals surface area contributed by atoms with Crippen LogP contribution in [0.25, 0.3) is 11.1 Å². The summed E-state index contributed by atoms with van der Waals surface area (Å²) in [6.07, 6.45) is 1.08. The maximum Gasteiger partial charge on any atom is 0.254 e. The first-order valence-electron chi connectivity index (χ1n) is 9.44. The van der Waals surface area contributed by atoms with Gasteiger partial charge in [-0.2, -0.15) is 0 Å². The number of carbonyl (C=O) groups is 2. The van der Waals surface area contributed by atoms with Crippen LogP contribution in [0.3, 0.4) is 0 Å². The molecular weight excluding hydrogens is 356 g/mol. The van der Waals surface area contributed by atoms with Gasteiger partial charge < -0.3 is 26.4 Å². The van der Waals surface area contributed by atoms with Gasteiger partial charge >= 0.3 is 0 Å². The van der Waals surface area contributed by atoms with Crippen molar-refractivity contribution in [3.05, 3.63) is 48.0 Å². The molecule has 7 nitrogen and oxygen atoms in total. The van der Waals surface area contributed by atoms with Crippen molar-refractivity contribution < 1.29 is 14.7 Å². The molecule has 0 unspecified atom stereocenters. The van der Waals surface area contributed by atoms with Crippen LogP contribution in [0.1, 0.15) is 23.2 Å². The van der Waals surface area contributed by atoms with Gasteiger partial charge in [0.1, 0.15) is 5.60 Å². The van der Waals surface area contributed by atoms with E-state index in [2.05, 4.69) is 0 Å². The van der Waals surface area contributed by atoms with Gasteiger partial charge in [-0.05, 0) is 48.2 Å². The van der Waals surface area contributed by atoms with Gasteiger partial charge in [0.25, 0.3) is 11.8 Å². The number of anilines is 2.